The number of aliphatic carboxylic acids is 1. The molecule has 0 aromatic carbocycles. The lowest BCUT2D eigenvalue weighted by molar-refractivity contribution is -0.168. The predicted octanol–water partition coefficient (Wildman–Crippen LogP) is 7.46. The van der Waals surface area contributed by atoms with Gasteiger partial charge in [-0.15, -0.1) is 0 Å². The number of carboxylic acids is 1. The molecule has 1 N–H and O–H groups in total. The van der Waals surface area contributed by atoms with E-state index in [1.807, 2.05) is 6.08 Å². The lowest BCUT2D eigenvalue weighted by Crippen LogP contribution is -2.42. The minimum atomic E-state index is -1.05. The van der Waals surface area contributed by atoms with Crippen molar-refractivity contribution in [2.45, 2.75) is 130 Å². The molecule has 0 aromatic rings. The molecule has 1 aliphatic carbocycles. The number of hydrogen-bond donors (Lipinski definition) is 1. The van der Waals surface area contributed by atoms with Gasteiger partial charge in [-0.05, 0) is 39.0 Å². The van der Waals surface area contributed by atoms with Gasteiger partial charge in [0, 0.05) is 0 Å². The Kier molecular flexibility index (Phi) is 13.8. The predicted molar refractivity (Wildman–Crippen MR) is 123 cm³/mol. The van der Waals surface area contributed by atoms with Gasteiger partial charge in [0.15, 0.2) is 0 Å². The van der Waals surface area contributed by atoms with Crippen LogP contribution in [0.15, 0.2) is 12.2 Å². The Bertz CT molecular complexity index is 513. The summed E-state index contributed by atoms with van der Waals surface area (Å²) < 4.78 is 5.90. The zero-order chi connectivity index (χ0) is 22.2. The summed E-state index contributed by atoms with van der Waals surface area (Å²) in [7, 11) is 0. The van der Waals surface area contributed by atoms with Crippen molar-refractivity contribution >= 4 is 11.9 Å². The zero-order valence-corrected chi connectivity index (χ0v) is 19.8. The van der Waals surface area contributed by atoms with E-state index in [1.165, 1.54) is 57.8 Å². The number of rotatable bonds is 17. The number of carbonyl (C=O) groups excluding carboxylic acids is 1. The summed E-state index contributed by atoms with van der Waals surface area (Å²) >= 11 is 0. The van der Waals surface area contributed by atoms with Crippen molar-refractivity contribution in [3.63, 3.8) is 0 Å². The van der Waals surface area contributed by atoms with Crippen molar-refractivity contribution in [2.75, 3.05) is 0 Å². The molecule has 0 radical (unpaired) electrons. The third kappa shape index (κ3) is 9.66. The molecule has 30 heavy (non-hydrogen) atoms. The fourth-order valence-electron chi connectivity index (χ4n) is 4.43. The molecular weight excluding hydrogens is 376 g/mol. The molecule has 1 rings (SSSR count). The molecule has 0 fully saturated rings. The van der Waals surface area contributed by atoms with Gasteiger partial charge in [0.2, 0.25) is 0 Å². The number of carboxylic acid groups (broad SMARTS) is 1. The lowest BCUT2D eigenvalue weighted by Gasteiger charge is -2.34. The first kappa shape index (κ1) is 26.7. The van der Waals surface area contributed by atoms with E-state index in [9.17, 15) is 14.7 Å². The summed E-state index contributed by atoms with van der Waals surface area (Å²) in [5, 5.41) is 9.56. The quantitative estimate of drug-likeness (QED) is 0.150. The number of unbranched alkanes of at least 4 members (excludes halogenated alkanes) is 10. The van der Waals surface area contributed by atoms with Gasteiger partial charge in [0.05, 0.1) is 11.3 Å². The van der Waals surface area contributed by atoms with Crippen LogP contribution in [0, 0.1) is 11.3 Å². The summed E-state index contributed by atoms with van der Waals surface area (Å²) in [5.41, 5.74) is -1.05. The maximum atomic E-state index is 13.0. The van der Waals surface area contributed by atoms with E-state index in [2.05, 4.69) is 13.8 Å². The Hall–Kier alpha value is -1.32. The minimum absolute atomic E-state index is 0.0897. The van der Waals surface area contributed by atoms with E-state index < -0.39 is 17.3 Å². The van der Waals surface area contributed by atoms with Crippen molar-refractivity contribution < 1.29 is 19.4 Å². The molecule has 0 spiro atoms. The molecule has 174 valence electrons. The Balaban J connectivity index is 2.40. The molecule has 0 saturated carbocycles. The molecule has 4 nitrogen and oxygen atoms in total. The van der Waals surface area contributed by atoms with E-state index >= 15 is 0 Å². The van der Waals surface area contributed by atoms with Crippen LogP contribution in [0.2, 0.25) is 0 Å². The van der Waals surface area contributed by atoms with Crippen LogP contribution in [-0.2, 0) is 14.3 Å². The van der Waals surface area contributed by atoms with Gasteiger partial charge in [-0.2, -0.15) is 0 Å². The van der Waals surface area contributed by atoms with Crippen LogP contribution in [0.3, 0.4) is 0 Å². The van der Waals surface area contributed by atoms with Gasteiger partial charge in [-0.3, -0.25) is 9.59 Å². The first-order valence-corrected chi connectivity index (χ1v) is 12.6. The van der Waals surface area contributed by atoms with Crippen molar-refractivity contribution in [1.82, 2.24) is 0 Å². The minimum Gasteiger partial charge on any atom is -0.481 e. The van der Waals surface area contributed by atoms with Crippen molar-refractivity contribution in [3.8, 4) is 0 Å². The largest absolute Gasteiger partial charge is 0.481 e. The van der Waals surface area contributed by atoms with Crippen LogP contribution in [-0.4, -0.2) is 23.1 Å². The molecule has 0 heterocycles. The van der Waals surface area contributed by atoms with Gasteiger partial charge in [-0.25, -0.2) is 0 Å². The summed E-state index contributed by atoms with van der Waals surface area (Å²) in [6, 6.07) is 0. The molecule has 4 heteroatoms. The highest BCUT2D eigenvalue weighted by molar-refractivity contribution is 5.86. The summed E-state index contributed by atoms with van der Waals surface area (Å²) in [6.07, 6.45) is 21.6. The molecular formula is C26H46O4. The van der Waals surface area contributed by atoms with E-state index in [0.29, 0.717) is 12.8 Å². The fourth-order valence-corrected chi connectivity index (χ4v) is 4.43. The van der Waals surface area contributed by atoms with E-state index in [1.54, 1.807) is 13.0 Å². The number of hydrogen-bond acceptors (Lipinski definition) is 3. The molecule has 0 aromatic heterocycles. The highest BCUT2D eigenvalue weighted by Crippen LogP contribution is 2.38. The molecule has 3 unspecified atom stereocenters. The van der Waals surface area contributed by atoms with Gasteiger partial charge in [0.25, 0.3) is 0 Å². The monoisotopic (exact) mass is 422 g/mol. The Labute approximate surface area is 184 Å². The average molecular weight is 423 g/mol. The molecule has 0 saturated heterocycles. The fraction of sp³-hybridized carbons (Fsp3) is 0.846. The van der Waals surface area contributed by atoms with Crippen LogP contribution >= 0.6 is 0 Å². The van der Waals surface area contributed by atoms with Gasteiger partial charge < -0.3 is 9.84 Å². The third-order valence-corrected chi connectivity index (χ3v) is 6.58. The molecule has 3 atom stereocenters. The van der Waals surface area contributed by atoms with Gasteiger partial charge >= 0.3 is 11.9 Å². The van der Waals surface area contributed by atoms with E-state index in [4.69, 9.17) is 4.74 Å². The van der Waals surface area contributed by atoms with Gasteiger partial charge in [0.1, 0.15) is 6.10 Å². The number of ether oxygens (including phenoxy) is 1. The highest BCUT2D eigenvalue weighted by Gasteiger charge is 2.46. The van der Waals surface area contributed by atoms with E-state index in [0.717, 1.165) is 32.1 Å². The molecule has 0 bridgehead atoms. The summed E-state index contributed by atoms with van der Waals surface area (Å²) in [6.45, 7) is 6.12. The first-order chi connectivity index (χ1) is 14.5. The second-order valence-electron chi connectivity index (χ2n) is 9.29. The Morgan fingerprint density at radius 2 is 1.47 bits per heavy atom. The van der Waals surface area contributed by atoms with E-state index in [-0.39, 0.29) is 12.1 Å². The Morgan fingerprint density at radius 3 is 2.03 bits per heavy atom. The second kappa shape index (κ2) is 15.5. The third-order valence-electron chi connectivity index (χ3n) is 6.58. The molecule has 1 aliphatic rings. The molecule has 0 aliphatic heterocycles. The molecule has 0 amide bonds. The number of allylic oxidation sites excluding steroid dienone is 1. The van der Waals surface area contributed by atoms with Crippen molar-refractivity contribution in [1.29, 1.82) is 0 Å². The SMILES string of the molecule is CCCCCCCCCCCCC(CCCC)OC(=O)C1(C)C=CCCC1C(=O)O. The summed E-state index contributed by atoms with van der Waals surface area (Å²) in [4.78, 5) is 24.6. The number of esters is 1. The topological polar surface area (TPSA) is 63.6 Å². The maximum Gasteiger partial charge on any atom is 0.316 e. The van der Waals surface area contributed by atoms with Crippen molar-refractivity contribution in [2.24, 2.45) is 11.3 Å². The van der Waals surface area contributed by atoms with Crippen LogP contribution in [0.5, 0.6) is 0 Å². The Morgan fingerprint density at radius 1 is 0.933 bits per heavy atom. The van der Waals surface area contributed by atoms with Crippen LogP contribution < -0.4 is 0 Å². The van der Waals surface area contributed by atoms with Crippen LogP contribution in [0.25, 0.3) is 0 Å². The maximum absolute atomic E-state index is 13.0. The normalized spacial score (nSPS) is 22.0. The van der Waals surface area contributed by atoms with Crippen LogP contribution in [0.1, 0.15) is 124 Å². The number of carbonyl (C=O) groups is 2. The van der Waals surface area contributed by atoms with Crippen LogP contribution in [0.4, 0.5) is 0 Å². The first-order valence-electron chi connectivity index (χ1n) is 12.6. The second-order valence-corrected chi connectivity index (χ2v) is 9.29. The zero-order valence-electron chi connectivity index (χ0n) is 19.8. The average Bonchev–Trinajstić information content (AvgIpc) is 2.73. The highest BCUT2D eigenvalue weighted by atomic mass is 16.5. The standard InChI is InChI=1S/C26H46O4/c1-4-6-8-9-10-11-12-13-14-15-19-22(18-7-5-2)30-25(29)26(3)21-17-16-20-23(26)24(27)28/h17,21-23H,4-16,18-20H2,1-3H3,(H,27,28). The smallest absolute Gasteiger partial charge is 0.316 e. The summed E-state index contributed by atoms with van der Waals surface area (Å²) in [5.74, 6) is -1.96. The lowest BCUT2D eigenvalue weighted by atomic mass is 9.71. The van der Waals surface area contributed by atoms with Gasteiger partial charge in [-0.1, -0.05) is 96.6 Å². The van der Waals surface area contributed by atoms with Crippen molar-refractivity contribution in [3.05, 3.63) is 12.2 Å².